The lowest BCUT2D eigenvalue weighted by molar-refractivity contribution is 0.366. The van der Waals surface area contributed by atoms with Gasteiger partial charge in [0.05, 0.1) is 19.8 Å². The molecule has 0 N–H and O–H groups in total. The van der Waals surface area contributed by atoms with Gasteiger partial charge in [-0.1, -0.05) is 25.3 Å². The van der Waals surface area contributed by atoms with E-state index in [-0.39, 0.29) is 5.43 Å². The van der Waals surface area contributed by atoms with Crippen LogP contribution in [0.15, 0.2) is 27.4 Å². The number of nitrogens with zero attached hydrogens (tertiary/aromatic N) is 1. The molecule has 0 radical (unpaired) electrons. The Labute approximate surface area is 165 Å². The number of hydrogen-bond acceptors (Lipinski definition) is 5. The Morgan fingerprint density at radius 1 is 1.07 bits per heavy atom. The number of likely N-dealkylation sites (N-methyl/N-ethyl adjacent to an activating group) is 1. The van der Waals surface area contributed by atoms with E-state index in [4.69, 9.17) is 13.9 Å². The predicted molar refractivity (Wildman–Crippen MR) is 112 cm³/mol. The normalized spacial score (nSPS) is 18.9. The fourth-order valence-electron chi connectivity index (χ4n) is 4.51. The van der Waals surface area contributed by atoms with Crippen LogP contribution in [0, 0.1) is 0 Å². The molecule has 1 aromatic carbocycles. The van der Waals surface area contributed by atoms with Crippen LogP contribution >= 0.6 is 0 Å². The third-order valence-electron chi connectivity index (χ3n) is 6.13. The average molecular weight is 383 g/mol. The highest BCUT2D eigenvalue weighted by atomic mass is 16.5. The van der Waals surface area contributed by atoms with Crippen LogP contribution in [0.5, 0.6) is 11.5 Å². The van der Waals surface area contributed by atoms with Gasteiger partial charge in [-0.05, 0) is 31.9 Å². The van der Waals surface area contributed by atoms with E-state index in [1.165, 1.54) is 24.8 Å². The second-order valence-corrected chi connectivity index (χ2v) is 7.95. The van der Waals surface area contributed by atoms with E-state index in [2.05, 4.69) is 18.0 Å². The number of benzene rings is 1. The second-order valence-electron chi connectivity index (χ2n) is 7.95. The molecule has 5 heteroatoms. The molecule has 1 saturated carbocycles. The maximum absolute atomic E-state index is 13.1. The van der Waals surface area contributed by atoms with Crippen molar-refractivity contribution in [3.05, 3.63) is 39.8 Å². The molecule has 1 aromatic heterocycles. The van der Waals surface area contributed by atoms with Crippen molar-refractivity contribution in [1.29, 1.82) is 0 Å². The molecule has 5 nitrogen and oxygen atoms in total. The van der Waals surface area contributed by atoms with Crippen LogP contribution in [-0.2, 0) is 0 Å². The monoisotopic (exact) mass is 383 g/mol. The van der Waals surface area contributed by atoms with Crippen molar-refractivity contribution in [2.75, 3.05) is 34.4 Å². The van der Waals surface area contributed by atoms with E-state index in [0.717, 1.165) is 43.7 Å². The van der Waals surface area contributed by atoms with E-state index in [9.17, 15) is 4.79 Å². The number of rotatable bonds is 4. The molecule has 2 heterocycles. The van der Waals surface area contributed by atoms with Gasteiger partial charge >= 0.3 is 0 Å². The minimum atomic E-state index is -0.0314. The summed E-state index contributed by atoms with van der Waals surface area (Å²) in [5, 5.41) is 0.512. The van der Waals surface area contributed by atoms with Crippen LogP contribution in [0.3, 0.4) is 0 Å². The summed E-state index contributed by atoms with van der Waals surface area (Å²) in [5.74, 6) is 2.34. The van der Waals surface area contributed by atoms with Crippen molar-refractivity contribution in [3.8, 4) is 11.5 Å². The Bertz CT molecular complexity index is 953. The zero-order valence-electron chi connectivity index (χ0n) is 17.0. The SMILES string of the molecule is COc1cc(OC)c2c(=O)cc(C3CCCCC3)oc2c1C1=CCN(C)CC1. The number of hydrogen-bond donors (Lipinski definition) is 0. The molecule has 1 aliphatic heterocycles. The Kier molecular flexibility index (Phi) is 5.44. The molecular weight excluding hydrogens is 354 g/mol. The summed E-state index contributed by atoms with van der Waals surface area (Å²) in [5.41, 5.74) is 2.66. The highest BCUT2D eigenvalue weighted by Gasteiger charge is 2.25. The fraction of sp³-hybridized carbons (Fsp3) is 0.522. The van der Waals surface area contributed by atoms with Gasteiger partial charge in [0.2, 0.25) is 0 Å². The molecule has 28 heavy (non-hydrogen) atoms. The van der Waals surface area contributed by atoms with Crippen molar-refractivity contribution < 1.29 is 13.9 Å². The fourth-order valence-corrected chi connectivity index (χ4v) is 4.51. The van der Waals surface area contributed by atoms with Crippen LogP contribution < -0.4 is 14.9 Å². The Hall–Kier alpha value is -2.27. The van der Waals surface area contributed by atoms with Crippen molar-refractivity contribution in [2.24, 2.45) is 0 Å². The standard InChI is InChI=1S/C23H29NO4/c1-24-11-9-16(10-12-24)21-19(26-2)14-20(27-3)22-17(25)13-18(28-23(21)22)15-7-5-4-6-8-15/h9,13-15H,4-8,10-12H2,1-3H3. The number of fused-ring (bicyclic) bond motifs is 1. The maximum atomic E-state index is 13.1. The molecule has 2 aliphatic rings. The van der Waals surface area contributed by atoms with E-state index in [1.54, 1.807) is 20.3 Å². The summed E-state index contributed by atoms with van der Waals surface area (Å²) in [6.07, 6.45) is 8.92. The summed E-state index contributed by atoms with van der Waals surface area (Å²) in [7, 11) is 5.35. The molecule has 1 aliphatic carbocycles. The topological polar surface area (TPSA) is 51.9 Å². The first-order chi connectivity index (χ1) is 13.6. The van der Waals surface area contributed by atoms with Crippen molar-refractivity contribution >= 4 is 16.5 Å². The Balaban J connectivity index is 1.97. The van der Waals surface area contributed by atoms with Crippen LogP contribution in [0.25, 0.3) is 16.5 Å². The number of methoxy groups -OCH3 is 2. The van der Waals surface area contributed by atoms with Gasteiger partial charge in [-0.2, -0.15) is 0 Å². The summed E-state index contributed by atoms with van der Waals surface area (Å²) in [4.78, 5) is 15.4. The van der Waals surface area contributed by atoms with Gasteiger partial charge in [0.1, 0.15) is 22.6 Å². The van der Waals surface area contributed by atoms with E-state index in [0.29, 0.717) is 28.4 Å². The predicted octanol–water partition coefficient (Wildman–Crippen LogP) is 4.58. The molecule has 0 spiro atoms. The van der Waals surface area contributed by atoms with Crippen molar-refractivity contribution in [2.45, 2.75) is 44.4 Å². The molecule has 2 aromatic rings. The van der Waals surface area contributed by atoms with Crippen LogP contribution in [0.2, 0.25) is 0 Å². The molecule has 0 saturated heterocycles. The third-order valence-corrected chi connectivity index (χ3v) is 6.13. The zero-order chi connectivity index (χ0) is 19.7. The molecule has 0 amide bonds. The largest absolute Gasteiger partial charge is 0.496 e. The van der Waals surface area contributed by atoms with E-state index >= 15 is 0 Å². The Morgan fingerprint density at radius 3 is 2.46 bits per heavy atom. The lowest BCUT2D eigenvalue weighted by Crippen LogP contribution is -2.24. The molecule has 0 unspecified atom stereocenters. The summed E-state index contributed by atoms with van der Waals surface area (Å²) < 4.78 is 17.7. The van der Waals surface area contributed by atoms with Gasteiger partial charge < -0.3 is 18.8 Å². The minimum Gasteiger partial charge on any atom is -0.496 e. The number of ether oxygens (including phenoxy) is 2. The summed E-state index contributed by atoms with van der Waals surface area (Å²) in [6, 6.07) is 3.49. The molecule has 0 bridgehead atoms. The smallest absolute Gasteiger partial charge is 0.196 e. The van der Waals surface area contributed by atoms with Crippen molar-refractivity contribution in [1.82, 2.24) is 4.90 Å². The molecule has 0 atom stereocenters. The maximum Gasteiger partial charge on any atom is 0.196 e. The Morgan fingerprint density at radius 2 is 1.82 bits per heavy atom. The zero-order valence-corrected chi connectivity index (χ0v) is 17.0. The second kappa shape index (κ2) is 8.00. The summed E-state index contributed by atoms with van der Waals surface area (Å²) in [6.45, 7) is 1.84. The van der Waals surface area contributed by atoms with Crippen LogP contribution in [0.4, 0.5) is 0 Å². The van der Waals surface area contributed by atoms with Crippen LogP contribution in [-0.4, -0.2) is 39.3 Å². The molecular formula is C23H29NO4. The molecule has 1 fully saturated rings. The van der Waals surface area contributed by atoms with Gasteiger partial charge in [-0.25, -0.2) is 0 Å². The highest BCUT2D eigenvalue weighted by molar-refractivity contribution is 5.96. The quantitative estimate of drug-likeness (QED) is 0.774. The molecule has 4 rings (SSSR count). The average Bonchev–Trinajstić information content (AvgIpc) is 2.73. The first kappa shape index (κ1) is 19.1. The van der Waals surface area contributed by atoms with Gasteiger partial charge in [0, 0.05) is 31.1 Å². The minimum absolute atomic E-state index is 0.0314. The van der Waals surface area contributed by atoms with Gasteiger partial charge in [-0.15, -0.1) is 0 Å². The summed E-state index contributed by atoms with van der Waals surface area (Å²) >= 11 is 0. The van der Waals surface area contributed by atoms with Crippen LogP contribution in [0.1, 0.15) is 55.8 Å². The lowest BCUT2D eigenvalue weighted by Gasteiger charge is -2.25. The molecule has 150 valence electrons. The van der Waals surface area contributed by atoms with E-state index < -0.39 is 0 Å². The first-order valence-corrected chi connectivity index (χ1v) is 10.2. The van der Waals surface area contributed by atoms with Gasteiger partial charge in [0.15, 0.2) is 11.0 Å². The first-order valence-electron chi connectivity index (χ1n) is 10.2. The van der Waals surface area contributed by atoms with E-state index in [1.807, 2.05) is 6.07 Å². The van der Waals surface area contributed by atoms with Gasteiger partial charge in [0.25, 0.3) is 0 Å². The third kappa shape index (κ3) is 3.44. The highest BCUT2D eigenvalue weighted by Crippen LogP contribution is 2.42. The van der Waals surface area contributed by atoms with Gasteiger partial charge in [-0.3, -0.25) is 4.79 Å². The van der Waals surface area contributed by atoms with Crippen molar-refractivity contribution in [3.63, 3.8) is 0 Å². The lowest BCUT2D eigenvalue weighted by atomic mass is 9.87.